The number of rotatable bonds is 8. The first kappa shape index (κ1) is 63.1. The van der Waals surface area contributed by atoms with Gasteiger partial charge in [0.1, 0.15) is 5.58 Å². The summed E-state index contributed by atoms with van der Waals surface area (Å²) in [5.41, 5.74) is 33.6. The van der Waals surface area contributed by atoms with Crippen LogP contribution in [-0.4, -0.2) is 11.3 Å². The highest BCUT2D eigenvalue weighted by Gasteiger charge is 2.52. The lowest BCUT2D eigenvalue weighted by Crippen LogP contribution is -2.61. The lowest BCUT2D eigenvalue weighted by molar-refractivity contribution is 0.568. The number of para-hydroxylation sites is 4. The van der Waals surface area contributed by atoms with E-state index in [0.29, 0.717) is 22.5 Å². The van der Waals surface area contributed by atoms with Crippen molar-refractivity contribution in [3.63, 3.8) is 0 Å². The van der Waals surface area contributed by atoms with Crippen LogP contribution in [0, 0.1) is 0 Å². The van der Waals surface area contributed by atoms with Gasteiger partial charge < -0.3 is 18.8 Å². The molecule has 18 aromatic rings. The van der Waals surface area contributed by atoms with Gasteiger partial charge in [-0.1, -0.05) is 356 Å². The van der Waals surface area contributed by atoms with Crippen molar-refractivity contribution < 1.29 is 15.4 Å². The van der Waals surface area contributed by atoms with Crippen LogP contribution in [0.5, 0.6) is 0 Å². The molecule has 2 aromatic heterocycles. The van der Waals surface area contributed by atoms with Crippen LogP contribution in [0.4, 0.5) is 34.1 Å². The average Bonchev–Trinajstić information content (AvgIpc) is 1.40. The van der Waals surface area contributed by atoms with Gasteiger partial charge in [-0.25, -0.2) is 0 Å². The fraction of sp³-hybridized carbons (Fsp3) is 0.150. The number of hydrogen-bond acceptors (Lipinski definition) is 3. The Morgan fingerprint density at radius 1 is 0.280 bits per heavy atom. The zero-order valence-electron chi connectivity index (χ0n) is 76.5. The summed E-state index contributed by atoms with van der Waals surface area (Å²) in [6.45, 7) is 27.0. The van der Waals surface area contributed by atoms with Crippen molar-refractivity contribution in [2.24, 2.45) is 0 Å². The molecule has 5 heteroatoms. The molecule has 0 saturated carbocycles. The summed E-state index contributed by atoms with van der Waals surface area (Å²) in [5.74, 6) is 0. The fourth-order valence-electron chi connectivity index (χ4n) is 19.8. The van der Waals surface area contributed by atoms with Gasteiger partial charge in [-0.2, -0.15) is 0 Å². The first-order valence-electron chi connectivity index (χ1n) is 45.4. The number of anilines is 6. The summed E-state index contributed by atoms with van der Waals surface area (Å²) in [4.78, 5) is 4.92. The summed E-state index contributed by atoms with van der Waals surface area (Å²) in [6.07, 6.45) is 0. The minimum absolute atomic E-state index is 0.000103. The van der Waals surface area contributed by atoms with Gasteiger partial charge in [0, 0.05) is 61.1 Å². The van der Waals surface area contributed by atoms with Gasteiger partial charge in [-0.15, -0.1) is 0 Å². The topological polar surface area (TPSA) is 24.6 Å². The van der Waals surface area contributed by atoms with Gasteiger partial charge in [0.15, 0.2) is 5.58 Å². The van der Waals surface area contributed by atoms with Crippen LogP contribution < -0.4 is 26.2 Å². The maximum Gasteiger partial charge on any atom is 0.252 e. The van der Waals surface area contributed by atoms with Crippen LogP contribution in [0.3, 0.4) is 0 Å². The van der Waals surface area contributed by atoms with Gasteiger partial charge in [0.25, 0.3) is 6.71 Å². The zero-order chi connectivity index (χ0) is 87.2. The molecule has 4 nitrogen and oxygen atoms in total. The Labute approximate surface area is 704 Å². The average molecular weight is 1530 g/mol. The Kier molecular flexibility index (Phi) is 13.8. The Hall–Kier alpha value is -13.2. The van der Waals surface area contributed by atoms with Gasteiger partial charge >= 0.3 is 0 Å². The lowest BCUT2D eigenvalue weighted by Gasteiger charge is -2.45. The Morgan fingerprint density at radius 2 is 0.703 bits per heavy atom. The number of furan rings is 1. The second kappa shape index (κ2) is 25.9. The molecule has 1 spiro atoms. The van der Waals surface area contributed by atoms with Crippen molar-refractivity contribution in [1.29, 1.82) is 0 Å². The summed E-state index contributed by atoms with van der Waals surface area (Å²) in [6, 6.07) is 104. The molecule has 0 saturated heterocycles. The standard InChI is InChI=1S/C113H92BN3O/c1-109(2,3)77-57-74(58-78(66-77)110(4,5)6)72-50-54-96-102(63-72)116(100-56-51-71(69-31-15-13-16-32-69)61-90(100)70-33-17-14-18-34-70)104-64-76(75-59-79(111(7,8)9)67-80(60-75)112(10,11)12)65-105-106(104)114(96)97-55-52-81(115-98-46-27-22-38-86(98)87-39-23-28-47-99(87)115)68-103(97)117(105)101-48-30-42-89-88-41-29-40-82(107(88)118-108(89)101)73-49-53-95-91(62-73)85-37-21-26-45-94(85)113(95)92-43-24-19-35-83(92)84-36-20-25-44-93(84)113/h13-68H,1-12H3/i22D,23D,27D,28D,38D,39D,46D,47D. The lowest BCUT2D eigenvalue weighted by atomic mass is 9.33. The van der Waals surface area contributed by atoms with Crippen molar-refractivity contribution in [3.05, 3.63) is 384 Å². The third-order valence-corrected chi connectivity index (χ3v) is 25.8. The molecule has 0 atom stereocenters. The molecule has 2 aliphatic carbocycles. The maximum atomic E-state index is 9.95. The Balaban J connectivity index is 0.870. The van der Waals surface area contributed by atoms with Gasteiger partial charge in [0.05, 0.1) is 38.8 Å². The molecule has 0 amide bonds. The fourth-order valence-corrected chi connectivity index (χ4v) is 19.8. The van der Waals surface area contributed by atoms with E-state index in [0.717, 1.165) is 111 Å². The maximum absolute atomic E-state index is 9.95. The van der Waals surface area contributed by atoms with Gasteiger partial charge in [0.2, 0.25) is 0 Å². The van der Waals surface area contributed by atoms with Crippen LogP contribution in [0.25, 0.3) is 127 Å². The highest BCUT2D eigenvalue weighted by atomic mass is 16.3. The summed E-state index contributed by atoms with van der Waals surface area (Å²) in [7, 11) is 0. The van der Waals surface area contributed by atoms with Gasteiger partial charge in [-0.3, -0.25) is 0 Å². The predicted octanol–water partition coefficient (Wildman–Crippen LogP) is 28.6. The molecule has 16 aromatic carbocycles. The number of hydrogen-bond donors (Lipinski definition) is 0. The minimum atomic E-state index is -0.535. The van der Waals surface area contributed by atoms with Crippen molar-refractivity contribution in [1.82, 2.24) is 4.57 Å². The quantitative estimate of drug-likeness (QED) is 0.142. The SMILES string of the molecule is [2H]c1c([2H])c([2H])c2c(c1[2H])c1c([2H])c([2H])c([2H])c([2H])c1n2-c1ccc2c(c1)N(c1cccc3c1oc1c(-c4ccc5c(c4)-c4ccccc4C54c5ccccc5-c5ccccc54)cccc13)c1cc(-c3cc(C(C)(C)C)cc(C(C)(C)C)c3)cc3c1B2c1ccc(-c2cc(C(C)(C)C)cc(C(C)(C)C)c2)cc1N3c1ccc(-c2ccccc2)cc1-c1ccccc1. The van der Waals surface area contributed by atoms with E-state index in [1.54, 1.807) is 4.57 Å². The Morgan fingerprint density at radius 3 is 1.28 bits per heavy atom. The normalized spacial score (nSPS) is 14.7. The van der Waals surface area contributed by atoms with E-state index >= 15 is 0 Å². The number of nitrogens with zero attached hydrogens (tertiary/aromatic N) is 3. The molecule has 0 unspecified atom stereocenters. The summed E-state index contributed by atoms with van der Waals surface area (Å²) < 4.78 is 85.9. The van der Waals surface area contributed by atoms with Crippen LogP contribution >= 0.6 is 0 Å². The second-order valence-corrected chi connectivity index (χ2v) is 37.0. The van der Waals surface area contributed by atoms with Crippen LogP contribution in [-0.2, 0) is 27.1 Å². The first-order chi connectivity index (χ1) is 60.4. The molecular formula is C113H92BN3O. The highest BCUT2D eigenvalue weighted by Crippen LogP contribution is 2.64. The smallest absolute Gasteiger partial charge is 0.252 e. The molecule has 0 N–H and O–H groups in total. The molecule has 0 fully saturated rings. The highest BCUT2D eigenvalue weighted by molar-refractivity contribution is 7.00. The Bertz CT molecular complexity index is 7580. The summed E-state index contributed by atoms with van der Waals surface area (Å²) in [5, 5.41) is 1.81. The monoisotopic (exact) mass is 1530 g/mol. The molecular weight excluding hydrogens is 1430 g/mol. The van der Waals surface area contributed by atoms with Crippen LogP contribution in [0.1, 0.15) is 139 Å². The molecule has 0 radical (unpaired) electrons. The molecule has 4 aliphatic rings. The van der Waals surface area contributed by atoms with E-state index in [9.17, 15) is 8.22 Å². The van der Waals surface area contributed by atoms with Crippen molar-refractivity contribution in [3.8, 4) is 83.6 Å². The number of benzene rings is 16. The first-order valence-corrected chi connectivity index (χ1v) is 41.4. The van der Waals surface area contributed by atoms with E-state index < -0.39 is 48.4 Å². The predicted molar refractivity (Wildman–Crippen MR) is 500 cm³/mol. The molecule has 22 rings (SSSR count). The zero-order valence-corrected chi connectivity index (χ0v) is 68.5. The molecule has 568 valence electrons. The third kappa shape index (κ3) is 10.8. The van der Waals surface area contributed by atoms with E-state index in [1.807, 2.05) is 6.07 Å². The number of fused-ring (bicyclic) bond motifs is 20. The third-order valence-electron chi connectivity index (χ3n) is 25.8. The van der Waals surface area contributed by atoms with E-state index in [2.05, 4.69) is 378 Å². The number of aromatic nitrogens is 1. The summed E-state index contributed by atoms with van der Waals surface area (Å²) >= 11 is 0. The van der Waals surface area contributed by atoms with Crippen LogP contribution in [0.15, 0.2) is 344 Å². The molecule has 4 heterocycles. The molecule has 2 aliphatic heterocycles. The largest absolute Gasteiger partial charge is 0.453 e. The van der Waals surface area contributed by atoms with Crippen LogP contribution in [0.2, 0.25) is 0 Å². The van der Waals surface area contributed by atoms with Crippen molar-refractivity contribution in [2.75, 3.05) is 9.80 Å². The molecule has 118 heavy (non-hydrogen) atoms. The molecule has 0 bridgehead atoms. The second-order valence-electron chi connectivity index (χ2n) is 37.0. The van der Waals surface area contributed by atoms with Crippen molar-refractivity contribution in [2.45, 2.75) is 110 Å². The van der Waals surface area contributed by atoms with E-state index in [1.165, 1.54) is 66.8 Å². The van der Waals surface area contributed by atoms with Crippen molar-refractivity contribution >= 4 is 101 Å². The minimum Gasteiger partial charge on any atom is -0.453 e. The van der Waals surface area contributed by atoms with Gasteiger partial charge in [-0.05, 0) is 216 Å². The van der Waals surface area contributed by atoms with E-state index in [4.69, 9.17) is 7.16 Å². The van der Waals surface area contributed by atoms with E-state index in [-0.39, 0.29) is 55.6 Å².